The number of ether oxygens (including phenoxy) is 1. The minimum Gasteiger partial charge on any atom is -0.381 e. The average Bonchev–Trinajstić information content (AvgIpc) is 2.44. The van der Waals surface area contributed by atoms with Crippen LogP contribution >= 0.6 is 0 Å². The van der Waals surface area contributed by atoms with Crippen molar-refractivity contribution in [2.45, 2.75) is 58.5 Å². The molecule has 0 radical (unpaired) electrons. The van der Waals surface area contributed by atoms with E-state index in [1.807, 2.05) is 0 Å². The highest BCUT2D eigenvalue weighted by atomic mass is 16.5. The summed E-state index contributed by atoms with van der Waals surface area (Å²) in [4.78, 5) is 9.45. The standard InChI is InChI=1S/C15H25N3O/c1-4-9-16-15-12-7-5-6-8-13(12)17-14(18-15)10-11(2)19-3/h11H,4-10H2,1-3H3,(H,16,17,18). The van der Waals surface area contributed by atoms with Gasteiger partial charge in [0.2, 0.25) is 0 Å². The Hall–Kier alpha value is -1.16. The van der Waals surface area contributed by atoms with Crippen LogP contribution in [0.25, 0.3) is 0 Å². The molecule has 4 nitrogen and oxygen atoms in total. The predicted molar refractivity (Wildman–Crippen MR) is 77.6 cm³/mol. The van der Waals surface area contributed by atoms with Crippen molar-refractivity contribution in [2.75, 3.05) is 19.0 Å². The van der Waals surface area contributed by atoms with Crippen LogP contribution in [0.3, 0.4) is 0 Å². The maximum Gasteiger partial charge on any atom is 0.133 e. The third kappa shape index (κ3) is 3.66. The normalized spacial score (nSPS) is 15.9. The van der Waals surface area contributed by atoms with E-state index in [1.165, 1.54) is 24.1 Å². The monoisotopic (exact) mass is 263 g/mol. The third-order valence-corrected chi connectivity index (χ3v) is 3.64. The Kier molecular flexibility index (Phi) is 5.14. The van der Waals surface area contributed by atoms with Crippen LogP contribution in [0.5, 0.6) is 0 Å². The van der Waals surface area contributed by atoms with Crippen molar-refractivity contribution < 1.29 is 4.74 Å². The van der Waals surface area contributed by atoms with Crippen LogP contribution in [0.1, 0.15) is 50.2 Å². The van der Waals surface area contributed by atoms with Crippen molar-refractivity contribution in [1.82, 2.24) is 9.97 Å². The van der Waals surface area contributed by atoms with Gasteiger partial charge in [0.15, 0.2) is 0 Å². The number of hydrogen-bond donors (Lipinski definition) is 1. The zero-order chi connectivity index (χ0) is 13.7. The quantitative estimate of drug-likeness (QED) is 0.857. The number of rotatable bonds is 6. The van der Waals surface area contributed by atoms with E-state index in [-0.39, 0.29) is 6.10 Å². The molecule has 0 fully saturated rings. The first-order chi connectivity index (χ1) is 9.24. The van der Waals surface area contributed by atoms with Crippen LogP contribution in [-0.2, 0) is 24.0 Å². The van der Waals surface area contributed by atoms with Gasteiger partial charge in [-0.05, 0) is 39.0 Å². The molecule has 4 heteroatoms. The topological polar surface area (TPSA) is 47.0 Å². The SMILES string of the molecule is CCCNc1nc(CC(C)OC)nc2c1CCCC2. The molecule has 1 N–H and O–H groups in total. The smallest absolute Gasteiger partial charge is 0.133 e. The van der Waals surface area contributed by atoms with E-state index >= 15 is 0 Å². The van der Waals surface area contributed by atoms with Gasteiger partial charge in [0.05, 0.1) is 6.10 Å². The van der Waals surface area contributed by atoms with Gasteiger partial charge < -0.3 is 10.1 Å². The van der Waals surface area contributed by atoms with Gasteiger partial charge in [-0.3, -0.25) is 0 Å². The Balaban J connectivity index is 2.25. The van der Waals surface area contributed by atoms with E-state index in [4.69, 9.17) is 14.7 Å². The Labute approximate surface area is 116 Å². The zero-order valence-electron chi connectivity index (χ0n) is 12.3. The predicted octanol–water partition coefficient (Wildman–Crippen LogP) is 2.75. The van der Waals surface area contributed by atoms with E-state index < -0.39 is 0 Å². The summed E-state index contributed by atoms with van der Waals surface area (Å²) in [6, 6.07) is 0. The fraction of sp³-hybridized carbons (Fsp3) is 0.733. The second-order valence-electron chi connectivity index (χ2n) is 5.30. The minimum atomic E-state index is 0.167. The van der Waals surface area contributed by atoms with Crippen molar-refractivity contribution in [3.8, 4) is 0 Å². The first-order valence-electron chi connectivity index (χ1n) is 7.40. The van der Waals surface area contributed by atoms with E-state index in [0.29, 0.717) is 0 Å². The minimum absolute atomic E-state index is 0.167. The van der Waals surface area contributed by atoms with Crippen molar-refractivity contribution in [3.63, 3.8) is 0 Å². The van der Waals surface area contributed by atoms with Crippen molar-refractivity contribution in [1.29, 1.82) is 0 Å². The van der Waals surface area contributed by atoms with Gasteiger partial charge in [-0.15, -0.1) is 0 Å². The van der Waals surface area contributed by atoms with Crippen LogP contribution < -0.4 is 5.32 Å². The third-order valence-electron chi connectivity index (χ3n) is 3.64. The molecule has 1 heterocycles. The van der Waals surface area contributed by atoms with Gasteiger partial charge in [-0.2, -0.15) is 0 Å². The highest BCUT2D eigenvalue weighted by Crippen LogP contribution is 2.25. The van der Waals surface area contributed by atoms with Gasteiger partial charge in [0.25, 0.3) is 0 Å². The molecule has 0 aromatic carbocycles. The molecule has 0 amide bonds. The highest BCUT2D eigenvalue weighted by Gasteiger charge is 2.18. The van der Waals surface area contributed by atoms with Gasteiger partial charge in [0, 0.05) is 31.3 Å². The number of nitrogens with zero attached hydrogens (tertiary/aromatic N) is 2. The molecule has 0 aliphatic heterocycles. The van der Waals surface area contributed by atoms with E-state index in [9.17, 15) is 0 Å². The fourth-order valence-electron chi connectivity index (χ4n) is 2.47. The number of nitrogens with one attached hydrogen (secondary N) is 1. The number of methoxy groups -OCH3 is 1. The summed E-state index contributed by atoms with van der Waals surface area (Å²) < 4.78 is 5.32. The lowest BCUT2D eigenvalue weighted by molar-refractivity contribution is 0.117. The van der Waals surface area contributed by atoms with E-state index in [1.54, 1.807) is 7.11 Å². The van der Waals surface area contributed by atoms with Crippen LogP contribution in [-0.4, -0.2) is 29.7 Å². The molecule has 1 aromatic rings. The van der Waals surface area contributed by atoms with Gasteiger partial charge in [-0.25, -0.2) is 9.97 Å². The summed E-state index contributed by atoms with van der Waals surface area (Å²) in [6.45, 7) is 5.21. The molecule has 0 bridgehead atoms. The molecule has 0 saturated heterocycles. The fourth-order valence-corrected chi connectivity index (χ4v) is 2.47. The Morgan fingerprint density at radius 3 is 2.79 bits per heavy atom. The molecule has 1 atom stereocenters. The van der Waals surface area contributed by atoms with Crippen LogP contribution in [0, 0.1) is 0 Å². The number of anilines is 1. The Bertz CT molecular complexity index is 420. The molecule has 1 aliphatic rings. The van der Waals surface area contributed by atoms with E-state index in [2.05, 4.69) is 19.2 Å². The molecule has 1 aromatic heterocycles. The van der Waals surface area contributed by atoms with Crippen molar-refractivity contribution in [2.24, 2.45) is 0 Å². The summed E-state index contributed by atoms with van der Waals surface area (Å²) >= 11 is 0. The maximum absolute atomic E-state index is 5.32. The largest absolute Gasteiger partial charge is 0.381 e. The molecule has 106 valence electrons. The van der Waals surface area contributed by atoms with Crippen LogP contribution in [0.15, 0.2) is 0 Å². The second-order valence-corrected chi connectivity index (χ2v) is 5.30. The molecule has 0 spiro atoms. The maximum atomic E-state index is 5.32. The van der Waals surface area contributed by atoms with Gasteiger partial charge in [0.1, 0.15) is 11.6 Å². The highest BCUT2D eigenvalue weighted by molar-refractivity contribution is 5.47. The summed E-state index contributed by atoms with van der Waals surface area (Å²) in [7, 11) is 1.74. The number of aryl methyl sites for hydroxylation is 1. The van der Waals surface area contributed by atoms with Crippen molar-refractivity contribution in [3.05, 3.63) is 17.1 Å². The summed E-state index contributed by atoms with van der Waals surface area (Å²) in [5, 5.41) is 3.46. The zero-order valence-corrected chi connectivity index (χ0v) is 12.3. The summed E-state index contributed by atoms with van der Waals surface area (Å²) in [5.41, 5.74) is 2.59. The van der Waals surface area contributed by atoms with E-state index in [0.717, 1.165) is 43.9 Å². The van der Waals surface area contributed by atoms with Crippen molar-refractivity contribution >= 4 is 5.82 Å². The Morgan fingerprint density at radius 1 is 1.26 bits per heavy atom. The molecule has 19 heavy (non-hydrogen) atoms. The molecule has 0 saturated carbocycles. The first-order valence-corrected chi connectivity index (χ1v) is 7.40. The molecule has 2 rings (SSSR count). The van der Waals surface area contributed by atoms with Gasteiger partial charge >= 0.3 is 0 Å². The molecular weight excluding hydrogens is 238 g/mol. The Morgan fingerprint density at radius 2 is 2.05 bits per heavy atom. The number of hydrogen-bond acceptors (Lipinski definition) is 4. The first kappa shape index (κ1) is 14.3. The summed E-state index contributed by atoms with van der Waals surface area (Å²) in [6.07, 6.45) is 6.77. The molecule has 1 unspecified atom stereocenters. The van der Waals surface area contributed by atoms with Crippen LogP contribution in [0.4, 0.5) is 5.82 Å². The number of aromatic nitrogens is 2. The summed E-state index contributed by atoms with van der Waals surface area (Å²) in [5.74, 6) is 1.97. The molecular formula is C15H25N3O. The van der Waals surface area contributed by atoms with Crippen LogP contribution in [0.2, 0.25) is 0 Å². The average molecular weight is 263 g/mol. The lowest BCUT2D eigenvalue weighted by Gasteiger charge is -2.20. The van der Waals surface area contributed by atoms with Gasteiger partial charge in [-0.1, -0.05) is 6.92 Å². The lowest BCUT2D eigenvalue weighted by Crippen LogP contribution is -2.18. The second kappa shape index (κ2) is 6.85. The lowest BCUT2D eigenvalue weighted by atomic mass is 9.96. The number of fused-ring (bicyclic) bond motifs is 1. The molecule has 1 aliphatic carbocycles.